The lowest BCUT2D eigenvalue weighted by Crippen LogP contribution is -2.36. The molecule has 28 heavy (non-hydrogen) atoms. The first-order valence-electron chi connectivity index (χ1n) is 9.60. The molecule has 2 atom stereocenters. The van der Waals surface area contributed by atoms with Gasteiger partial charge in [-0.05, 0) is 26.2 Å². The fourth-order valence-corrected chi connectivity index (χ4v) is 3.69. The van der Waals surface area contributed by atoms with Gasteiger partial charge in [-0.2, -0.15) is 9.78 Å². The van der Waals surface area contributed by atoms with Crippen molar-refractivity contribution in [1.82, 2.24) is 19.7 Å². The van der Waals surface area contributed by atoms with E-state index in [1.54, 1.807) is 13.0 Å². The fraction of sp³-hybridized carbons (Fsp3) is 0.526. The van der Waals surface area contributed by atoms with Gasteiger partial charge in [0, 0.05) is 17.8 Å². The number of H-pyrrole nitrogens is 1. The number of nitrogens with zero attached hydrogens (tertiary/aromatic N) is 3. The van der Waals surface area contributed by atoms with Gasteiger partial charge in [0.25, 0.3) is 5.56 Å². The summed E-state index contributed by atoms with van der Waals surface area (Å²) in [6.45, 7) is 3.76. The molecule has 2 heterocycles. The van der Waals surface area contributed by atoms with Gasteiger partial charge in [-0.15, -0.1) is 0 Å². The van der Waals surface area contributed by atoms with Crippen LogP contribution in [0.5, 0.6) is 0 Å². The highest BCUT2D eigenvalue weighted by Crippen LogP contribution is 2.31. The SMILES string of the molecule is CCCc1cc(=O)[nH]c(-n2nc(C)cc2NC(=O)[C@@H]2CCCC[C@H]2C(=O)O)n1. The minimum atomic E-state index is -0.942. The van der Waals surface area contributed by atoms with Crippen LogP contribution in [-0.4, -0.2) is 36.7 Å². The summed E-state index contributed by atoms with van der Waals surface area (Å²) >= 11 is 0. The molecule has 1 amide bonds. The number of carbonyl (C=O) groups excluding carboxylic acids is 1. The maximum atomic E-state index is 12.8. The van der Waals surface area contributed by atoms with Gasteiger partial charge in [0.2, 0.25) is 11.9 Å². The topological polar surface area (TPSA) is 130 Å². The number of aryl methyl sites for hydroxylation is 2. The Labute approximate surface area is 162 Å². The predicted octanol–water partition coefficient (Wildman–Crippen LogP) is 2.05. The van der Waals surface area contributed by atoms with Gasteiger partial charge in [0.05, 0.1) is 17.5 Å². The summed E-state index contributed by atoms with van der Waals surface area (Å²) in [7, 11) is 0. The van der Waals surface area contributed by atoms with Crippen LogP contribution in [0.15, 0.2) is 16.9 Å². The van der Waals surface area contributed by atoms with Gasteiger partial charge < -0.3 is 10.4 Å². The van der Waals surface area contributed by atoms with E-state index < -0.39 is 17.8 Å². The zero-order valence-electron chi connectivity index (χ0n) is 16.1. The van der Waals surface area contributed by atoms with Crippen molar-refractivity contribution in [2.24, 2.45) is 11.8 Å². The summed E-state index contributed by atoms with van der Waals surface area (Å²) in [6.07, 6.45) is 4.18. The highest BCUT2D eigenvalue weighted by molar-refractivity contribution is 5.94. The summed E-state index contributed by atoms with van der Waals surface area (Å²) < 4.78 is 1.38. The maximum absolute atomic E-state index is 12.8. The normalized spacial score (nSPS) is 19.4. The Morgan fingerprint density at radius 1 is 1.29 bits per heavy atom. The Hall–Kier alpha value is -2.97. The minimum Gasteiger partial charge on any atom is -0.481 e. The van der Waals surface area contributed by atoms with Crippen LogP contribution >= 0.6 is 0 Å². The molecule has 1 fully saturated rings. The largest absolute Gasteiger partial charge is 0.481 e. The summed E-state index contributed by atoms with van der Waals surface area (Å²) in [5.74, 6) is -1.99. The Morgan fingerprint density at radius 3 is 2.68 bits per heavy atom. The molecule has 0 spiro atoms. The van der Waals surface area contributed by atoms with E-state index in [1.165, 1.54) is 10.7 Å². The van der Waals surface area contributed by atoms with Crippen molar-refractivity contribution in [1.29, 1.82) is 0 Å². The average molecular weight is 387 g/mol. The number of aromatic amines is 1. The first kappa shape index (κ1) is 19.8. The van der Waals surface area contributed by atoms with E-state index in [9.17, 15) is 19.5 Å². The van der Waals surface area contributed by atoms with Gasteiger partial charge in [0.1, 0.15) is 5.82 Å². The Bertz CT molecular complexity index is 933. The van der Waals surface area contributed by atoms with Crippen molar-refractivity contribution >= 4 is 17.7 Å². The number of hydrogen-bond acceptors (Lipinski definition) is 5. The number of carboxylic acid groups (broad SMARTS) is 1. The van der Waals surface area contributed by atoms with Gasteiger partial charge in [0.15, 0.2) is 0 Å². The highest BCUT2D eigenvalue weighted by atomic mass is 16.4. The summed E-state index contributed by atoms with van der Waals surface area (Å²) in [4.78, 5) is 43.4. The van der Waals surface area contributed by atoms with Gasteiger partial charge in [-0.1, -0.05) is 26.2 Å². The molecule has 0 bridgehead atoms. The number of hydrogen-bond donors (Lipinski definition) is 3. The zero-order chi connectivity index (χ0) is 20.3. The molecule has 0 saturated heterocycles. The van der Waals surface area contributed by atoms with Crippen molar-refractivity contribution in [3.8, 4) is 5.95 Å². The first-order chi connectivity index (χ1) is 13.4. The molecule has 0 radical (unpaired) electrons. The third kappa shape index (κ3) is 4.29. The minimum absolute atomic E-state index is 0.220. The lowest BCUT2D eigenvalue weighted by molar-refractivity contribution is -0.147. The highest BCUT2D eigenvalue weighted by Gasteiger charge is 2.36. The van der Waals surface area contributed by atoms with E-state index in [0.717, 1.165) is 19.3 Å². The van der Waals surface area contributed by atoms with Gasteiger partial charge >= 0.3 is 5.97 Å². The third-order valence-corrected chi connectivity index (χ3v) is 4.99. The number of carboxylic acids is 1. The van der Waals surface area contributed by atoms with Crippen molar-refractivity contribution < 1.29 is 14.7 Å². The number of anilines is 1. The molecule has 0 aliphatic heterocycles. The molecular formula is C19H25N5O4. The van der Waals surface area contributed by atoms with E-state index in [1.807, 2.05) is 6.92 Å². The van der Waals surface area contributed by atoms with Gasteiger partial charge in [-0.3, -0.25) is 19.4 Å². The van der Waals surface area contributed by atoms with Gasteiger partial charge in [-0.25, -0.2) is 4.98 Å². The monoisotopic (exact) mass is 387 g/mol. The van der Waals surface area contributed by atoms with Crippen LogP contribution in [0, 0.1) is 18.8 Å². The number of aromatic nitrogens is 4. The number of carbonyl (C=O) groups is 2. The zero-order valence-corrected chi connectivity index (χ0v) is 16.1. The van der Waals surface area contributed by atoms with Crippen LogP contribution in [0.1, 0.15) is 50.4 Å². The molecule has 1 saturated carbocycles. The van der Waals surface area contributed by atoms with E-state index >= 15 is 0 Å². The van der Waals surface area contributed by atoms with Crippen molar-refractivity contribution in [2.45, 2.75) is 52.4 Å². The van der Waals surface area contributed by atoms with E-state index in [2.05, 4.69) is 20.4 Å². The first-order valence-corrected chi connectivity index (χ1v) is 9.60. The van der Waals surface area contributed by atoms with E-state index in [4.69, 9.17) is 0 Å². The van der Waals surface area contributed by atoms with Crippen LogP contribution in [-0.2, 0) is 16.0 Å². The Kier molecular flexibility index (Phi) is 5.91. The van der Waals surface area contributed by atoms with Crippen LogP contribution in [0.3, 0.4) is 0 Å². The van der Waals surface area contributed by atoms with Crippen LogP contribution in [0.25, 0.3) is 5.95 Å². The second kappa shape index (κ2) is 8.37. The lowest BCUT2D eigenvalue weighted by atomic mass is 9.79. The average Bonchev–Trinajstić information content (AvgIpc) is 3.01. The number of nitrogens with one attached hydrogen (secondary N) is 2. The second-order valence-corrected chi connectivity index (χ2v) is 7.22. The van der Waals surface area contributed by atoms with Crippen LogP contribution < -0.4 is 10.9 Å². The number of amides is 1. The van der Waals surface area contributed by atoms with E-state index in [0.29, 0.717) is 36.5 Å². The fourth-order valence-electron chi connectivity index (χ4n) is 3.69. The molecule has 150 valence electrons. The van der Waals surface area contributed by atoms with Crippen molar-refractivity contribution in [3.63, 3.8) is 0 Å². The molecule has 3 rings (SSSR count). The Morgan fingerprint density at radius 2 is 2.00 bits per heavy atom. The molecule has 9 nitrogen and oxygen atoms in total. The summed E-state index contributed by atoms with van der Waals surface area (Å²) in [6, 6.07) is 3.12. The second-order valence-electron chi connectivity index (χ2n) is 7.22. The molecule has 9 heteroatoms. The molecule has 3 N–H and O–H groups in total. The van der Waals surface area contributed by atoms with Crippen molar-refractivity contribution in [2.75, 3.05) is 5.32 Å². The molecule has 2 aromatic heterocycles. The molecular weight excluding hydrogens is 362 g/mol. The molecule has 1 aliphatic carbocycles. The third-order valence-electron chi connectivity index (χ3n) is 4.99. The Balaban J connectivity index is 1.89. The molecule has 2 aromatic rings. The summed E-state index contributed by atoms with van der Waals surface area (Å²) in [5.41, 5.74) is 0.985. The maximum Gasteiger partial charge on any atom is 0.307 e. The van der Waals surface area contributed by atoms with E-state index in [-0.39, 0.29) is 17.4 Å². The predicted molar refractivity (Wildman–Crippen MR) is 102 cm³/mol. The number of aliphatic carboxylic acids is 1. The lowest BCUT2D eigenvalue weighted by Gasteiger charge is -2.27. The molecule has 0 unspecified atom stereocenters. The van der Waals surface area contributed by atoms with Crippen LogP contribution in [0.2, 0.25) is 0 Å². The standard InChI is InChI=1S/C19H25N5O4/c1-3-6-12-10-16(25)22-19(20-12)24-15(9-11(2)23-24)21-17(26)13-7-4-5-8-14(13)18(27)28/h9-10,13-14H,3-8H2,1-2H3,(H,21,26)(H,27,28)(H,20,22,25)/t13-,14-/m1/s1. The molecule has 0 aromatic carbocycles. The summed E-state index contributed by atoms with van der Waals surface area (Å²) in [5, 5.41) is 16.5. The molecule has 1 aliphatic rings. The van der Waals surface area contributed by atoms with Crippen molar-refractivity contribution in [3.05, 3.63) is 33.9 Å². The van der Waals surface area contributed by atoms with Crippen LogP contribution in [0.4, 0.5) is 5.82 Å². The smallest absolute Gasteiger partial charge is 0.307 e. The number of rotatable bonds is 6. The quantitative estimate of drug-likeness (QED) is 0.695.